The molecule has 2 N–H and O–H groups in total. The van der Waals surface area contributed by atoms with Crippen molar-refractivity contribution in [1.29, 1.82) is 5.26 Å². The molecule has 0 bridgehead atoms. The molecular weight excluding hydrogens is 365 g/mol. The number of aromatic nitrogens is 1. The number of nitrogens with zero attached hydrogens (tertiary/aromatic N) is 3. The lowest BCUT2D eigenvalue weighted by Gasteiger charge is -2.16. The van der Waals surface area contributed by atoms with Gasteiger partial charge < -0.3 is 5.73 Å². The number of pyridine rings is 1. The van der Waals surface area contributed by atoms with Gasteiger partial charge in [-0.1, -0.05) is 12.1 Å². The SMILES string of the molecule is N#CC1(c2cc(CCCN)cc(-c3ccnc4c3C(C(F)(F)F)=NC4)c2)CC1. The fourth-order valence-corrected chi connectivity index (χ4v) is 3.76. The van der Waals surface area contributed by atoms with E-state index in [9.17, 15) is 18.4 Å². The van der Waals surface area contributed by atoms with E-state index >= 15 is 0 Å². The second-order valence-electron chi connectivity index (χ2n) is 7.35. The molecule has 1 aromatic heterocycles. The van der Waals surface area contributed by atoms with Gasteiger partial charge in [-0.3, -0.25) is 9.98 Å². The Labute approximate surface area is 160 Å². The Kier molecular flexibility index (Phi) is 4.47. The molecule has 28 heavy (non-hydrogen) atoms. The van der Waals surface area contributed by atoms with Crippen LogP contribution in [0.15, 0.2) is 35.5 Å². The number of hydrogen-bond donors (Lipinski definition) is 1. The Bertz CT molecular complexity index is 998. The van der Waals surface area contributed by atoms with Crippen molar-refractivity contribution in [1.82, 2.24) is 4.98 Å². The summed E-state index contributed by atoms with van der Waals surface area (Å²) in [6, 6.07) is 9.72. The van der Waals surface area contributed by atoms with Crippen molar-refractivity contribution in [2.45, 2.75) is 43.8 Å². The summed E-state index contributed by atoms with van der Waals surface area (Å²) in [5.41, 5.74) is 7.60. The average molecular weight is 384 g/mol. The number of alkyl halides is 3. The topological polar surface area (TPSA) is 75.1 Å². The van der Waals surface area contributed by atoms with Gasteiger partial charge in [0.2, 0.25) is 0 Å². The first-order valence-electron chi connectivity index (χ1n) is 9.24. The standard InChI is InChI=1S/C21H19F3N4/c22-21(23,24)19-18-16(3-7-27-17(18)11-28-19)14-8-13(2-1-6-25)9-15(10-14)20(12-26)4-5-20/h3,7-10H,1-2,4-6,11,25H2. The minimum absolute atomic E-state index is 0.0544. The van der Waals surface area contributed by atoms with Crippen molar-refractivity contribution in [2.24, 2.45) is 10.7 Å². The largest absolute Gasteiger partial charge is 0.433 e. The lowest BCUT2D eigenvalue weighted by molar-refractivity contribution is -0.0579. The molecule has 1 fully saturated rings. The smallest absolute Gasteiger partial charge is 0.330 e. The van der Waals surface area contributed by atoms with Gasteiger partial charge in [0, 0.05) is 11.8 Å². The first kappa shape index (κ1) is 18.6. The molecule has 0 radical (unpaired) electrons. The third kappa shape index (κ3) is 3.18. The van der Waals surface area contributed by atoms with E-state index in [2.05, 4.69) is 16.0 Å². The van der Waals surface area contributed by atoms with E-state index in [1.807, 2.05) is 18.2 Å². The van der Waals surface area contributed by atoms with Crippen LogP contribution >= 0.6 is 0 Å². The van der Waals surface area contributed by atoms with Crippen molar-refractivity contribution in [3.8, 4) is 17.2 Å². The Balaban J connectivity index is 1.87. The first-order valence-corrected chi connectivity index (χ1v) is 9.24. The Morgan fingerprint density at radius 1 is 1.21 bits per heavy atom. The number of nitrogens with two attached hydrogens (primary N) is 1. The van der Waals surface area contributed by atoms with Gasteiger partial charge in [0.05, 0.1) is 23.7 Å². The van der Waals surface area contributed by atoms with E-state index in [-0.39, 0.29) is 12.1 Å². The molecule has 0 amide bonds. The van der Waals surface area contributed by atoms with Crippen molar-refractivity contribution in [3.05, 3.63) is 52.8 Å². The summed E-state index contributed by atoms with van der Waals surface area (Å²) in [6.45, 7) is 0.457. The zero-order valence-corrected chi connectivity index (χ0v) is 15.2. The van der Waals surface area contributed by atoms with Crippen LogP contribution < -0.4 is 5.73 Å². The molecule has 2 heterocycles. The van der Waals surface area contributed by atoms with E-state index in [1.54, 1.807) is 6.07 Å². The van der Waals surface area contributed by atoms with Gasteiger partial charge in [0.1, 0.15) is 5.71 Å². The predicted molar refractivity (Wildman–Crippen MR) is 99.9 cm³/mol. The molecule has 0 spiro atoms. The van der Waals surface area contributed by atoms with Gasteiger partial charge in [-0.05, 0) is 66.6 Å². The lowest BCUT2D eigenvalue weighted by Crippen LogP contribution is -2.23. The zero-order valence-electron chi connectivity index (χ0n) is 15.2. The number of hydrogen-bond acceptors (Lipinski definition) is 4. The Morgan fingerprint density at radius 3 is 2.64 bits per heavy atom. The summed E-state index contributed by atoms with van der Waals surface area (Å²) in [5.74, 6) is 0. The van der Waals surface area contributed by atoms with Gasteiger partial charge in [-0.25, -0.2) is 0 Å². The third-order valence-corrected chi connectivity index (χ3v) is 5.41. The summed E-state index contributed by atoms with van der Waals surface area (Å²) in [7, 11) is 0. The minimum atomic E-state index is -4.53. The Morgan fingerprint density at radius 2 is 2.00 bits per heavy atom. The van der Waals surface area contributed by atoms with Crippen LogP contribution in [0.4, 0.5) is 13.2 Å². The van der Waals surface area contributed by atoms with Gasteiger partial charge in [-0.2, -0.15) is 18.4 Å². The van der Waals surface area contributed by atoms with Crippen LogP contribution in [0.1, 0.15) is 41.6 Å². The maximum absolute atomic E-state index is 13.5. The number of nitriles is 1. The molecular formula is C21H19F3N4. The molecule has 0 unspecified atom stereocenters. The van der Waals surface area contributed by atoms with Crippen molar-refractivity contribution in [3.63, 3.8) is 0 Å². The van der Waals surface area contributed by atoms with E-state index < -0.39 is 17.3 Å². The highest BCUT2D eigenvalue weighted by Crippen LogP contribution is 2.49. The number of benzene rings is 1. The molecule has 1 aliphatic carbocycles. The summed E-state index contributed by atoms with van der Waals surface area (Å²) < 4.78 is 40.5. The molecule has 4 nitrogen and oxygen atoms in total. The monoisotopic (exact) mass is 384 g/mol. The van der Waals surface area contributed by atoms with E-state index in [1.165, 1.54) is 6.20 Å². The molecule has 2 aromatic rings. The molecule has 144 valence electrons. The quantitative estimate of drug-likeness (QED) is 0.845. The first-order chi connectivity index (χ1) is 13.4. The summed E-state index contributed by atoms with van der Waals surface area (Å²) in [4.78, 5) is 7.79. The van der Waals surface area contributed by atoms with Gasteiger partial charge in [0.15, 0.2) is 0 Å². The van der Waals surface area contributed by atoms with Crippen LogP contribution in [0.3, 0.4) is 0 Å². The van der Waals surface area contributed by atoms with Crippen LogP contribution in [0.25, 0.3) is 11.1 Å². The minimum Gasteiger partial charge on any atom is -0.330 e. The number of halogens is 3. The van der Waals surface area contributed by atoms with Crippen LogP contribution in [-0.4, -0.2) is 23.4 Å². The molecule has 2 aliphatic rings. The summed E-state index contributed by atoms with van der Waals surface area (Å²) >= 11 is 0. The molecule has 1 aliphatic heterocycles. The maximum atomic E-state index is 13.5. The summed E-state index contributed by atoms with van der Waals surface area (Å²) in [5, 5.41) is 9.59. The lowest BCUT2D eigenvalue weighted by atomic mass is 9.88. The normalized spacial score (nSPS) is 17.0. The number of fused-ring (bicyclic) bond motifs is 1. The highest BCUT2D eigenvalue weighted by atomic mass is 19.4. The molecule has 7 heteroatoms. The van der Waals surface area contributed by atoms with E-state index in [4.69, 9.17) is 5.73 Å². The third-order valence-electron chi connectivity index (χ3n) is 5.41. The molecule has 4 rings (SSSR count). The fourth-order valence-electron chi connectivity index (χ4n) is 3.76. The molecule has 0 atom stereocenters. The highest BCUT2D eigenvalue weighted by molar-refractivity contribution is 6.11. The molecule has 1 saturated carbocycles. The van der Waals surface area contributed by atoms with Crippen molar-refractivity contribution in [2.75, 3.05) is 6.54 Å². The maximum Gasteiger partial charge on any atom is 0.433 e. The summed E-state index contributed by atoms with van der Waals surface area (Å²) in [6.07, 6.45) is 0.0122. The van der Waals surface area contributed by atoms with Crippen LogP contribution in [0.5, 0.6) is 0 Å². The van der Waals surface area contributed by atoms with Gasteiger partial charge in [-0.15, -0.1) is 0 Å². The van der Waals surface area contributed by atoms with E-state index in [0.29, 0.717) is 29.8 Å². The van der Waals surface area contributed by atoms with Gasteiger partial charge >= 0.3 is 6.18 Å². The number of aryl methyl sites for hydroxylation is 1. The molecule has 1 aromatic carbocycles. The second kappa shape index (κ2) is 6.71. The fraction of sp³-hybridized carbons (Fsp3) is 0.381. The van der Waals surface area contributed by atoms with Gasteiger partial charge in [0.25, 0.3) is 0 Å². The Hall–Kier alpha value is -2.72. The number of rotatable bonds is 5. The predicted octanol–water partition coefficient (Wildman–Crippen LogP) is 4.06. The number of aliphatic imine (C=N–C) groups is 1. The van der Waals surface area contributed by atoms with E-state index in [0.717, 1.165) is 30.4 Å². The molecule has 0 saturated heterocycles. The van der Waals surface area contributed by atoms with Crippen molar-refractivity contribution >= 4 is 5.71 Å². The van der Waals surface area contributed by atoms with Crippen LogP contribution in [-0.2, 0) is 18.4 Å². The highest BCUT2D eigenvalue weighted by Gasteiger charge is 2.45. The zero-order chi connectivity index (χ0) is 19.9. The second-order valence-corrected chi connectivity index (χ2v) is 7.35. The van der Waals surface area contributed by atoms with Crippen LogP contribution in [0, 0.1) is 11.3 Å². The van der Waals surface area contributed by atoms with Crippen molar-refractivity contribution < 1.29 is 13.2 Å². The average Bonchev–Trinajstić information content (AvgIpc) is 3.35. The van der Waals surface area contributed by atoms with Crippen LogP contribution in [0.2, 0.25) is 0 Å².